The van der Waals surface area contributed by atoms with Crippen LogP contribution in [0, 0.1) is 5.92 Å². The third-order valence-corrected chi connectivity index (χ3v) is 4.78. The molecule has 3 nitrogen and oxygen atoms in total. The summed E-state index contributed by atoms with van der Waals surface area (Å²) in [7, 11) is 0. The van der Waals surface area contributed by atoms with Crippen LogP contribution in [0.3, 0.4) is 0 Å². The third-order valence-electron chi connectivity index (χ3n) is 4.78. The zero-order valence-corrected chi connectivity index (χ0v) is 14.7. The summed E-state index contributed by atoms with van der Waals surface area (Å²) in [5, 5.41) is 0. The predicted molar refractivity (Wildman–Crippen MR) is 90.1 cm³/mol. The van der Waals surface area contributed by atoms with Crippen molar-refractivity contribution >= 4 is 0 Å². The van der Waals surface area contributed by atoms with Gasteiger partial charge in [0.15, 0.2) is 0 Å². The van der Waals surface area contributed by atoms with Crippen molar-refractivity contribution in [2.75, 3.05) is 19.8 Å². The molecule has 2 heterocycles. The van der Waals surface area contributed by atoms with Crippen LogP contribution in [0.2, 0.25) is 0 Å². The summed E-state index contributed by atoms with van der Waals surface area (Å²) in [6, 6.07) is 0. The maximum absolute atomic E-state index is 6.09. The van der Waals surface area contributed by atoms with Crippen LogP contribution in [0.4, 0.5) is 0 Å². The van der Waals surface area contributed by atoms with Crippen molar-refractivity contribution in [3.63, 3.8) is 0 Å². The molecule has 1 spiro atoms. The molecule has 128 valence electrons. The highest BCUT2D eigenvalue weighted by Gasteiger charge is 2.61. The van der Waals surface area contributed by atoms with E-state index in [0.717, 1.165) is 32.7 Å². The average Bonchev–Trinajstić information content (AvgIpc) is 3.29. The van der Waals surface area contributed by atoms with Crippen LogP contribution in [0.1, 0.15) is 65.7 Å². The lowest BCUT2D eigenvalue weighted by Crippen LogP contribution is -2.53. The maximum Gasteiger partial charge on any atom is 0.147 e. The van der Waals surface area contributed by atoms with Crippen LogP contribution in [0.15, 0.2) is 12.2 Å². The van der Waals surface area contributed by atoms with Gasteiger partial charge in [-0.2, -0.15) is 0 Å². The standard InChI is InChI=1S/C19H34O3/c1-4-6-7-8-9-10-11-12-17-19(15-22-19)18(20-13-5-2)16(3)14-21-17/h11-12,16-18H,4-10,13-15H2,1-3H3/t16-,17-,18-,19-/m0/s1. The number of allylic oxidation sites excluding steroid dienone is 1. The summed E-state index contributed by atoms with van der Waals surface area (Å²) in [5.74, 6) is 0.410. The summed E-state index contributed by atoms with van der Waals surface area (Å²) >= 11 is 0. The van der Waals surface area contributed by atoms with Crippen LogP contribution < -0.4 is 0 Å². The SMILES string of the molecule is CCCCCCCC=C[C@@H]1OC[C@H](C)[C@H](OCCC)[C@]12CO2. The van der Waals surface area contributed by atoms with Gasteiger partial charge < -0.3 is 14.2 Å². The van der Waals surface area contributed by atoms with Gasteiger partial charge in [-0.25, -0.2) is 0 Å². The molecule has 2 aliphatic heterocycles. The van der Waals surface area contributed by atoms with E-state index in [2.05, 4.69) is 32.9 Å². The molecule has 3 heteroatoms. The van der Waals surface area contributed by atoms with Gasteiger partial charge in [-0.05, 0) is 19.3 Å². The topological polar surface area (TPSA) is 31.0 Å². The Bertz CT molecular complexity index is 336. The number of hydrogen-bond donors (Lipinski definition) is 0. The second-order valence-corrected chi connectivity index (χ2v) is 6.90. The average molecular weight is 310 g/mol. The summed E-state index contributed by atoms with van der Waals surface area (Å²) in [6.07, 6.45) is 13.6. The fraction of sp³-hybridized carbons (Fsp3) is 0.895. The zero-order valence-electron chi connectivity index (χ0n) is 14.7. The van der Waals surface area contributed by atoms with E-state index < -0.39 is 0 Å². The highest BCUT2D eigenvalue weighted by Crippen LogP contribution is 2.45. The molecular formula is C19H34O3. The van der Waals surface area contributed by atoms with Crippen molar-refractivity contribution in [3.8, 4) is 0 Å². The Morgan fingerprint density at radius 1 is 1.14 bits per heavy atom. The van der Waals surface area contributed by atoms with Gasteiger partial charge >= 0.3 is 0 Å². The molecule has 0 amide bonds. The van der Waals surface area contributed by atoms with Gasteiger partial charge in [-0.15, -0.1) is 0 Å². The molecule has 0 unspecified atom stereocenters. The van der Waals surface area contributed by atoms with Crippen LogP contribution in [-0.4, -0.2) is 37.6 Å². The molecule has 2 saturated heterocycles. The Kier molecular flexibility index (Phi) is 7.39. The first-order chi connectivity index (χ1) is 10.7. The van der Waals surface area contributed by atoms with E-state index in [1.54, 1.807) is 0 Å². The van der Waals surface area contributed by atoms with Gasteiger partial charge in [0.1, 0.15) is 11.7 Å². The first-order valence-corrected chi connectivity index (χ1v) is 9.28. The third kappa shape index (κ3) is 4.56. The van der Waals surface area contributed by atoms with Crippen LogP contribution in [0.5, 0.6) is 0 Å². The lowest BCUT2D eigenvalue weighted by Gasteiger charge is -2.39. The quantitative estimate of drug-likeness (QED) is 0.338. The number of unbranched alkanes of at least 4 members (excludes halogenated alkanes) is 5. The zero-order chi connectivity index (χ0) is 15.8. The summed E-state index contributed by atoms with van der Waals surface area (Å²) < 4.78 is 18.0. The van der Waals surface area contributed by atoms with Crippen LogP contribution in [-0.2, 0) is 14.2 Å². The first kappa shape index (κ1) is 18.0. The molecular weight excluding hydrogens is 276 g/mol. The summed E-state index contributed by atoms with van der Waals surface area (Å²) in [5.41, 5.74) is -0.203. The highest BCUT2D eigenvalue weighted by atomic mass is 16.7. The van der Waals surface area contributed by atoms with Gasteiger partial charge in [0, 0.05) is 12.5 Å². The Balaban J connectivity index is 1.78. The minimum atomic E-state index is -0.203. The van der Waals surface area contributed by atoms with Crippen molar-refractivity contribution in [1.29, 1.82) is 0 Å². The minimum Gasteiger partial charge on any atom is -0.375 e. The van der Waals surface area contributed by atoms with Crippen LogP contribution >= 0.6 is 0 Å². The van der Waals surface area contributed by atoms with Gasteiger partial charge in [-0.3, -0.25) is 0 Å². The molecule has 2 rings (SSSR count). The van der Waals surface area contributed by atoms with Gasteiger partial charge in [-0.1, -0.05) is 58.6 Å². The van der Waals surface area contributed by atoms with E-state index in [4.69, 9.17) is 14.2 Å². The summed E-state index contributed by atoms with van der Waals surface area (Å²) in [4.78, 5) is 0. The van der Waals surface area contributed by atoms with E-state index in [1.165, 1.54) is 32.1 Å². The number of ether oxygens (including phenoxy) is 3. The van der Waals surface area contributed by atoms with E-state index in [-0.39, 0.29) is 17.8 Å². The lowest BCUT2D eigenvalue weighted by molar-refractivity contribution is -0.142. The number of rotatable bonds is 10. The van der Waals surface area contributed by atoms with Crippen molar-refractivity contribution in [2.24, 2.45) is 5.92 Å². The molecule has 0 aliphatic carbocycles. The van der Waals surface area contributed by atoms with E-state index in [0.29, 0.717) is 5.92 Å². The lowest BCUT2D eigenvalue weighted by atomic mass is 9.85. The molecule has 0 aromatic rings. The molecule has 0 bridgehead atoms. The van der Waals surface area contributed by atoms with Crippen molar-refractivity contribution in [1.82, 2.24) is 0 Å². The fourth-order valence-electron chi connectivity index (χ4n) is 3.39. The molecule has 0 N–H and O–H groups in total. The molecule has 0 saturated carbocycles. The first-order valence-electron chi connectivity index (χ1n) is 9.28. The second kappa shape index (κ2) is 9.05. The Hall–Kier alpha value is -0.380. The van der Waals surface area contributed by atoms with Crippen molar-refractivity contribution in [2.45, 2.75) is 83.5 Å². The van der Waals surface area contributed by atoms with E-state index in [9.17, 15) is 0 Å². The summed E-state index contributed by atoms with van der Waals surface area (Å²) in [6.45, 7) is 8.97. The number of epoxide rings is 1. The monoisotopic (exact) mass is 310 g/mol. The second-order valence-electron chi connectivity index (χ2n) is 6.90. The minimum absolute atomic E-state index is 0.0706. The molecule has 2 aliphatic rings. The Morgan fingerprint density at radius 3 is 2.59 bits per heavy atom. The molecule has 0 aromatic carbocycles. The number of hydrogen-bond acceptors (Lipinski definition) is 3. The van der Waals surface area contributed by atoms with Gasteiger partial charge in [0.2, 0.25) is 0 Å². The maximum atomic E-state index is 6.09. The molecule has 4 atom stereocenters. The van der Waals surface area contributed by atoms with Crippen molar-refractivity contribution in [3.05, 3.63) is 12.2 Å². The van der Waals surface area contributed by atoms with Crippen molar-refractivity contribution < 1.29 is 14.2 Å². The largest absolute Gasteiger partial charge is 0.375 e. The van der Waals surface area contributed by atoms with E-state index in [1.807, 2.05) is 0 Å². The molecule has 2 fully saturated rings. The fourth-order valence-corrected chi connectivity index (χ4v) is 3.39. The van der Waals surface area contributed by atoms with Gasteiger partial charge in [0.05, 0.1) is 19.3 Å². The smallest absolute Gasteiger partial charge is 0.147 e. The Morgan fingerprint density at radius 2 is 1.91 bits per heavy atom. The predicted octanol–water partition coefficient (Wildman–Crippen LogP) is 4.50. The molecule has 0 radical (unpaired) electrons. The normalized spacial score (nSPS) is 34.6. The Labute approximate surface area is 136 Å². The molecule has 0 aromatic heterocycles. The highest BCUT2D eigenvalue weighted by molar-refractivity contribution is 5.16. The van der Waals surface area contributed by atoms with Gasteiger partial charge in [0.25, 0.3) is 0 Å². The molecule has 22 heavy (non-hydrogen) atoms. The van der Waals surface area contributed by atoms with Crippen LogP contribution in [0.25, 0.3) is 0 Å². The van der Waals surface area contributed by atoms with E-state index >= 15 is 0 Å².